The highest BCUT2D eigenvalue weighted by molar-refractivity contribution is 5.70. The number of quaternary nitrogens is 1. The Kier molecular flexibility index (Phi) is 43.9. The fourth-order valence-electron chi connectivity index (χ4n) is 7.60. The first-order valence-corrected chi connectivity index (χ1v) is 26.2. The average molecular weight is 886 g/mol. The molecule has 0 bridgehead atoms. The van der Waals surface area contributed by atoms with Gasteiger partial charge in [0.2, 0.25) is 0 Å². The maximum Gasteiger partial charge on any atom is 0.306 e. The van der Waals surface area contributed by atoms with Crippen molar-refractivity contribution in [2.45, 2.75) is 244 Å². The summed E-state index contributed by atoms with van der Waals surface area (Å²) in [6.45, 7) is 4.64. The van der Waals surface area contributed by atoms with Crippen molar-refractivity contribution in [3.8, 4) is 0 Å². The second kappa shape index (κ2) is 45.8. The maximum absolute atomic E-state index is 12.8. The van der Waals surface area contributed by atoms with Crippen LogP contribution in [0.5, 0.6) is 0 Å². The van der Waals surface area contributed by atoms with Crippen molar-refractivity contribution in [2.24, 2.45) is 0 Å². The third-order valence-corrected chi connectivity index (χ3v) is 11.7. The summed E-state index contributed by atoms with van der Waals surface area (Å²) < 4.78 is 17.2. The van der Waals surface area contributed by atoms with E-state index in [1.54, 1.807) is 21.1 Å². The molecular weight excluding hydrogens is 787 g/mol. The largest absolute Gasteiger partial charge is 0.544 e. The van der Waals surface area contributed by atoms with Gasteiger partial charge in [0, 0.05) is 19.3 Å². The Balaban J connectivity index is 4.23. The molecule has 0 saturated carbocycles. The average Bonchev–Trinajstić information content (AvgIpc) is 3.24. The van der Waals surface area contributed by atoms with E-state index < -0.39 is 18.1 Å². The van der Waals surface area contributed by atoms with Crippen LogP contribution in [0, 0.1) is 0 Å². The summed E-state index contributed by atoms with van der Waals surface area (Å²) in [7, 11) is 5.41. The fourth-order valence-corrected chi connectivity index (χ4v) is 7.60. The predicted octanol–water partition coefficient (Wildman–Crippen LogP) is 13.8. The van der Waals surface area contributed by atoms with Crippen molar-refractivity contribution < 1.29 is 38.2 Å². The van der Waals surface area contributed by atoms with Crippen LogP contribution in [0.2, 0.25) is 0 Å². The number of carbonyl (C=O) groups is 3. The standard InChI is InChI=1S/C55H99NO7/c1-6-8-10-12-14-16-18-20-22-24-25-26-27-28-29-30-32-34-36-38-40-42-44-46-54(58)63-51(49-61-48-47-52(55(59)60)56(3,4)5)50-62-53(57)45-43-41-39-37-35-33-31-23-21-19-17-15-13-11-9-7-2/h17-20,23-25,31,51-52H,6-16,21-22,26-30,32-50H2,1-5H3/b19-17-,20-18-,25-24-,31-23-. The molecular formula is C55H99NO7. The molecule has 366 valence electrons. The number of hydrogen-bond donors (Lipinski definition) is 0. The van der Waals surface area contributed by atoms with Gasteiger partial charge in [0.1, 0.15) is 12.6 Å². The topological polar surface area (TPSA) is 102 Å². The minimum atomic E-state index is -1.13. The van der Waals surface area contributed by atoms with Gasteiger partial charge in [0.15, 0.2) is 6.10 Å². The molecule has 8 heteroatoms. The molecule has 0 N–H and O–H groups in total. The number of carboxylic acids is 1. The van der Waals surface area contributed by atoms with Gasteiger partial charge in [0.25, 0.3) is 0 Å². The second-order valence-electron chi connectivity index (χ2n) is 18.8. The first kappa shape index (κ1) is 60.3. The Labute approximate surface area is 388 Å². The number of hydrogen-bond acceptors (Lipinski definition) is 7. The van der Waals surface area contributed by atoms with Gasteiger partial charge in [-0.3, -0.25) is 9.59 Å². The lowest BCUT2D eigenvalue weighted by molar-refractivity contribution is -0.889. The summed E-state index contributed by atoms with van der Waals surface area (Å²) in [5.41, 5.74) is 0. The lowest BCUT2D eigenvalue weighted by Crippen LogP contribution is -2.55. The Morgan fingerprint density at radius 2 is 0.841 bits per heavy atom. The van der Waals surface area contributed by atoms with Gasteiger partial charge in [-0.15, -0.1) is 0 Å². The zero-order valence-corrected chi connectivity index (χ0v) is 41.7. The van der Waals surface area contributed by atoms with Crippen molar-refractivity contribution in [3.63, 3.8) is 0 Å². The van der Waals surface area contributed by atoms with E-state index in [9.17, 15) is 19.5 Å². The number of allylic oxidation sites excluding steroid dienone is 8. The van der Waals surface area contributed by atoms with Crippen LogP contribution in [-0.4, -0.2) is 75.5 Å². The molecule has 0 aliphatic carbocycles. The molecule has 0 spiro atoms. The van der Waals surface area contributed by atoms with Gasteiger partial charge in [-0.1, -0.05) is 184 Å². The van der Waals surface area contributed by atoms with Gasteiger partial charge in [-0.2, -0.15) is 0 Å². The molecule has 0 heterocycles. The van der Waals surface area contributed by atoms with E-state index in [4.69, 9.17) is 14.2 Å². The molecule has 2 unspecified atom stereocenters. The first-order valence-electron chi connectivity index (χ1n) is 26.2. The smallest absolute Gasteiger partial charge is 0.306 e. The van der Waals surface area contributed by atoms with E-state index in [2.05, 4.69) is 62.5 Å². The molecule has 0 aromatic heterocycles. The zero-order chi connectivity index (χ0) is 46.3. The molecule has 0 aliphatic rings. The van der Waals surface area contributed by atoms with Crippen LogP contribution in [0.15, 0.2) is 48.6 Å². The summed E-state index contributed by atoms with van der Waals surface area (Å²) in [6.07, 6.45) is 55.7. The second-order valence-corrected chi connectivity index (χ2v) is 18.8. The van der Waals surface area contributed by atoms with Crippen LogP contribution in [0.4, 0.5) is 0 Å². The van der Waals surface area contributed by atoms with Crippen molar-refractivity contribution in [1.82, 2.24) is 0 Å². The molecule has 0 rings (SSSR count). The summed E-state index contributed by atoms with van der Waals surface area (Å²) in [4.78, 5) is 37.0. The highest BCUT2D eigenvalue weighted by Gasteiger charge is 2.25. The summed E-state index contributed by atoms with van der Waals surface area (Å²) in [5.74, 6) is -1.75. The zero-order valence-electron chi connectivity index (χ0n) is 41.7. The Bertz CT molecular complexity index is 1170. The fraction of sp³-hybridized carbons (Fsp3) is 0.800. The number of aliphatic carboxylic acids is 1. The van der Waals surface area contributed by atoms with Gasteiger partial charge < -0.3 is 28.6 Å². The molecule has 0 aromatic rings. The van der Waals surface area contributed by atoms with Crippen molar-refractivity contribution >= 4 is 17.9 Å². The molecule has 0 aromatic carbocycles. The van der Waals surface area contributed by atoms with Crippen LogP contribution in [0.25, 0.3) is 0 Å². The van der Waals surface area contributed by atoms with Gasteiger partial charge >= 0.3 is 11.9 Å². The normalized spacial score (nSPS) is 13.2. The van der Waals surface area contributed by atoms with E-state index in [1.807, 2.05) is 0 Å². The van der Waals surface area contributed by atoms with Crippen LogP contribution in [0.3, 0.4) is 0 Å². The number of unbranched alkanes of at least 4 members (excludes halogenated alkanes) is 25. The molecule has 0 saturated heterocycles. The molecule has 0 amide bonds. The van der Waals surface area contributed by atoms with Crippen LogP contribution in [-0.2, 0) is 28.6 Å². The molecule has 0 fully saturated rings. The highest BCUT2D eigenvalue weighted by atomic mass is 16.6. The minimum Gasteiger partial charge on any atom is -0.544 e. The van der Waals surface area contributed by atoms with Gasteiger partial charge in [0.05, 0.1) is 40.3 Å². The molecule has 0 aliphatic heterocycles. The number of nitrogens with zero attached hydrogens (tertiary/aromatic N) is 1. The summed E-state index contributed by atoms with van der Waals surface area (Å²) in [5, 5.41) is 11.7. The summed E-state index contributed by atoms with van der Waals surface area (Å²) in [6, 6.07) is -0.729. The van der Waals surface area contributed by atoms with Crippen LogP contribution in [0.1, 0.15) is 232 Å². The lowest BCUT2D eigenvalue weighted by atomic mass is 10.0. The SMILES string of the molecule is CCCCCC/C=C\C/C=C\CCCCCCCC(=O)OCC(COCCC(C(=O)[O-])[N+](C)(C)C)OC(=O)CCCCCCCCCCCCC/C=C\C/C=C\CCCCCCC. The number of carbonyl (C=O) groups excluding carboxylic acids is 3. The van der Waals surface area contributed by atoms with Crippen LogP contribution < -0.4 is 5.11 Å². The molecule has 0 radical (unpaired) electrons. The van der Waals surface area contributed by atoms with E-state index in [0.717, 1.165) is 70.6 Å². The Morgan fingerprint density at radius 1 is 0.476 bits per heavy atom. The van der Waals surface area contributed by atoms with E-state index >= 15 is 0 Å². The number of ether oxygens (including phenoxy) is 3. The van der Waals surface area contributed by atoms with E-state index in [-0.39, 0.29) is 42.7 Å². The molecule has 63 heavy (non-hydrogen) atoms. The van der Waals surface area contributed by atoms with Crippen LogP contribution >= 0.6 is 0 Å². The highest BCUT2D eigenvalue weighted by Crippen LogP contribution is 2.15. The van der Waals surface area contributed by atoms with Gasteiger partial charge in [-0.05, 0) is 77.0 Å². The van der Waals surface area contributed by atoms with Crippen molar-refractivity contribution in [1.29, 1.82) is 0 Å². The quantitative estimate of drug-likeness (QED) is 0.0259. The monoisotopic (exact) mass is 886 g/mol. The number of rotatable bonds is 47. The predicted molar refractivity (Wildman–Crippen MR) is 263 cm³/mol. The van der Waals surface area contributed by atoms with E-state index in [0.29, 0.717) is 12.8 Å². The van der Waals surface area contributed by atoms with Crippen molar-refractivity contribution in [2.75, 3.05) is 41.0 Å². The lowest BCUT2D eigenvalue weighted by Gasteiger charge is -2.34. The molecule has 2 atom stereocenters. The number of likely N-dealkylation sites (N-methyl/N-ethyl adjacent to an activating group) is 1. The van der Waals surface area contributed by atoms with Crippen molar-refractivity contribution in [3.05, 3.63) is 48.6 Å². The van der Waals surface area contributed by atoms with Gasteiger partial charge in [-0.25, -0.2) is 0 Å². The Hall–Kier alpha value is -2.71. The maximum atomic E-state index is 12.8. The van der Waals surface area contributed by atoms with E-state index in [1.165, 1.54) is 128 Å². The third kappa shape index (κ3) is 44.3. The third-order valence-electron chi connectivity index (χ3n) is 11.7. The first-order chi connectivity index (χ1) is 30.6. The Morgan fingerprint density at radius 3 is 1.24 bits per heavy atom. The number of carboxylic acid groups (broad SMARTS) is 1. The minimum absolute atomic E-state index is 0.0357. The number of esters is 2. The molecule has 8 nitrogen and oxygen atoms in total. The summed E-state index contributed by atoms with van der Waals surface area (Å²) >= 11 is 0.